The average molecular weight is 498 g/mol. The van der Waals surface area contributed by atoms with E-state index in [9.17, 15) is 9.59 Å². The molecule has 1 heterocycles. The van der Waals surface area contributed by atoms with Crippen molar-refractivity contribution < 1.29 is 19.1 Å². The summed E-state index contributed by atoms with van der Waals surface area (Å²) < 4.78 is 10.7. The van der Waals surface area contributed by atoms with Crippen molar-refractivity contribution in [1.82, 2.24) is 0 Å². The lowest BCUT2D eigenvalue weighted by atomic mass is 9.85. The van der Waals surface area contributed by atoms with E-state index >= 15 is 0 Å². The van der Waals surface area contributed by atoms with Gasteiger partial charge in [-0.2, -0.15) is 0 Å². The van der Waals surface area contributed by atoms with Crippen molar-refractivity contribution in [2.24, 2.45) is 23.7 Å². The number of amides is 2. The van der Waals surface area contributed by atoms with Gasteiger partial charge in [-0.15, -0.1) is 0 Å². The van der Waals surface area contributed by atoms with Crippen LogP contribution in [-0.2, 0) is 9.59 Å². The lowest BCUT2D eigenvalue weighted by Crippen LogP contribution is -2.33. The standard InChI is InChI=1S/C30H24ClNO4/c1-35-19-11-7-17(8-12-19)25(18-9-13-20(36-2)14-10-18)26-21-15-16-22(26)28-27(21)29(33)32(30(28)34)24-6-4-3-5-23(24)31/h3-16,21-22,27-28H,1-2H3/t21-,22-,27+,28+/m1/s1. The number of fused-ring (bicyclic) bond motifs is 5. The van der Waals surface area contributed by atoms with Crippen molar-refractivity contribution in [2.45, 2.75) is 0 Å². The van der Waals surface area contributed by atoms with E-state index in [0.717, 1.165) is 33.8 Å². The van der Waals surface area contributed by atoms with Crippen LogP contribution < -0.4 is 14.4 Å². The number of allylic oxidation sites excluding steroid dienone is 3. The maximum atomic E-state index is 13.7. The van der Waals surface area contributed by atoms with Crippen molar-refractivity contribution in [3.05, 3.63) is 107 Å². The molecule has 1 saturated carbocycles. The molecule has 1 aliphatic heterocycles. The van der Waals surface area contributed by atoms with Crippen LogP contribution in [0.5, 0.6) is 11.5 Å². The Morgan fingerprint density at radius 2 is 1.19 bits per heavy atom. The highest BCUT2D eigenvalue weighted by Gasteiger charge is 2.62. The van der Waals surface area contributed by atoms with Gasteiger partial charge in [0, 0.05) is 11.8 Å². The predicted octanol–water partition coefficient (Wildman–Crippen LogP) is 5.78. The number of ether oxygens (including phenoxy) is 2. The molecule has 3 aliphatic rings. The van der Waals surface area contributed by atoms with E-state index in [0.29, 0.717) is 10.7 Å². The van der Waals surface area contributed by atoms with Gasteiger partial charge in [-0.25, -0.2) is 4.90 Å². The van der Waals surface area contributed by atoms with Gasteiger partial charge >= 0.3 is 0 Å². The second-order valence-corrected chi connectivity index (χ2v) is 9.65. The fourth-order valence-corrected chi connectivity index (χ4v) is 6.20. The number of anilines is 1. The summed E-state index contributed by atoms with van der Waals surface area (Å²) in [5.41, 5.74) is 4.63. The summed E-state index contributed by atoms with van der Waals surface area (Å²) in [7, 11) is 3.28. The summed E-state index contributed by atoms with van der Waals surface area (Å²) in [4.78, 5) is 28.7. The summed E-state index contributed by atoms with van der Waals surface area (Å²) in [5, 5.41) is 0.396. The van der Waals surface area contributed by atoms with Crippen LogP contribution in [0.4, 0.5) is 5.69 Å². The summed E-state index contributed by atoms with van der Waals surface area (Å²) >= 11 is 6.38. The van der Waals surface area contributed by atoms with E-state index in [1.54, 1.807) is 38.5 Å². The third-order valence-corrected chi connectivity index (χ3v) is 7.87. The summed E-state index contributed by atoms with van der Waals surface area (Å²) in [6.45, 7) is 0. The number of nitrogens with zero attached hydrogens (tertiary/aromatic N) is 1. The quantitative estimate of drug-likeness (QED) is 0.331. The van der Waals surface area contributed by atoms with Crippen molar-refractivity contribution >= 4 is 34.7 Å². The van der Waals surface area contributed by atoms with Crippen LogP contribution in [0.3, 0.4) is 0 Å². The fourth-order valence-electron chi connectivity index (χ4n) is 5.98. The Labute approximate surface area is 214 Å². The number of carbonyl (C=O) groups is 2. The predicted molar refractivity (Wildman–Crippen MR) is 139 cm³/mol. The first-order valence-electron chi connectivity index (χ1n) is 11.9. The second-order valence-electron chi connectivity index (χ2n) is 9.24. The Morgan fingerprint density at radius 3 is 1.64 bits per heavy atom. The number of methoxy groups -OCH3 is 2. The summed E-state index contributed by atoms with van der Waals surface area (Å²) in [6, 6.07) is 22.8. The molecular weight excluding hydrogens is 474 g/mol. The zero-order chi connectivity index (χ0) is 25.0. The highest BCUT2D eigenvalue weighted by molar-refractivity contribution is 6.36. The SMILES string of the molecule is COc1ccc(C(=C2[C@H]3C=C[C@H]2[C@@H]2C(=O)N(c4ccccc4Cl)C(=O)[C@H]23)c2ccc(OC)cc2)cc1. The first-order valence-corrected chi connectivity index (χ1v) is 12.2. The van der Waals surface area contributed by atoms with E-state index < -0.39 is 11.8 Å². The zero-order valence-corrected chi connectivity index (χ0v) is 20.6. The van der Waals surface area contributed by atoms with Gasteiger partial charge in [0.2, 0.25) is 11.8 Å². The number of benzene rings is 3. The van der Waals surface area contributed by atoms with Gasteiger partial charge < -0.3 is 9.47 Å². The molecule has 0 radical (unpaired) electrons. The Hall–Kier alpha value is -3.83. The highest BCUT2D eigenvalue weighted by atomic mass is 35.5. The maximum absolute atomic E-state index is 13.7. The summed E-state index contributed by atoms with van der Waals surface area (Å²) in [5.74, 6) is -0.0414. The second kappa shape index (κ2) is 8.68. The van der Waals surface area contributed by atoms with E-state index in [4.69, 9.17) is 21.1 Å². The molecule has 36 heavy (non-hydrogen) atoms. The van der Waals surface area contributed by atoms with Crippen molar-refractivity contribution in [3.8, 4) is 11.5 Å². The lowest BCUT2D eigenvalue weighted by Gasteiger charge is -2.22. The minimum Gasteiger partial charge on any atom is -0.497 e. The van der Waals surface area contributed by atoms with Crippen molar-refractivity contribution in [1.29, 1.82) is 0 Å². The largest absolute Gasteiger partial charge is 0.497 e. The number of carbonyl (C=O) groups excluding carboxylic acids is 2. The molecule has 4 atom stereocenters. The van der Waals surface area contributed by atoms with Crippen LogP contribution >= 0.6 is 11.6 Å². The number of imide groups is 1. The van der Waals surface area contributed by atoms with Gasteiger partial charge in [-0.05, 0) is 58.7 Å². The topological polar surface area (TPSA) is 55.8 Å². The Balaban J connectivity index is 1.48. The monoisotopic (exact) mass is 497 g/mol. The fraction of sp³-hybridized carbons (Fsp3) is 0.200. The van der Waals surface area contributed by atoms with Gasteiger partial charge in [-0.1, -0.05) is 60.2 Å². The molecule has 0 N–H and O–H groups in total. The molecule has 1 saturated heterocycles. The van der Waals surface area contributed by atoms with Crippen molar-refractivity contribution in [3.63, 3.8) is 0 Å². The number of hydrogen-bond acceptors (Lipinski definition) is 4. The van der Waals surface area contributed by atoms with E-state index in [1.165, 1.54) is 4.90 Å². The lowest BCUT2D eigenvalue weighted by molar-refractivity contribution is -0.122. The molecular formula is C30H24ClNO4. The van der Waals surface area contributed by atoms with Gasteiger partial charge in [0.1, 0.15) is 11.5 Å². The van der Waals surface area contributed by atoms with Crippen LogP contribution in [0.2, 0.25) is 5.02 Å². The minimum absolute atomic E-state index is 0.164. The van der Waals surface area contributed by atoms with Gasteiger partial charge in [0.15, 0.2) is 0 Å². The minimum atomic E-state index is -0.440. The first kappa shape index (κ1) is 22.6. The third kappa shape index (κ3) is 3.30. The van der Waals surface area contributed by atoms with Crippen LogP contribution in [0, 0.1) is 23.7 Å². The first-order chi connectivity index (χ1) is 17.5. The molecule has 2 fully saturated rings. The van der Waals surface area contributed by atoms with Crippen LogP contribution in [0.15, 0.2) is 90.5 Å². The Morgan fingerprint density at radius 1 is 0.722 bits per heavy atom. The van der Waals surface area contributed by atoms with Gasteiger partial charge in [0.05, 0.1) is 36.8 Å². The molecule has 5 nitrogen and oxygen atoms in total. The molecule has 2 aliphatic carbocycles. The van der Waals surface area contributed by atoms with Crippen LogP contribution in [-0.4, -0.2) is 26.0 Å². The maximum Gasteiger partial charge on any atom is 0.238 e. The number of para-hydroxylation sites is 1. The average Bonchev–Trinajstić information content (AvgIpc) is 3.54. The highest BCUT2D eigenvalue weighted by Crippen LogP contribution is 2.59. The third-order valence-electron chi connectivity index (χ3n) is 7.56. The number of hydrogen-bond donors (Lipinski definition) is 0. The number of rotatable bonds is 5. The molecule has 2 amide bonds. The number of halogens is 1. The Bertz CT molecular complexity index is 1340. The molecule has 0 unspecified atom stereocenters. The van der Waals surface area contributed by atoms with Crippen molar-refractivity contribution in [2.75, 3.05) is 19.1 Å². The smallest absolute Gasteiger partial charge is 0.238 e. The summed E-state index contributed by atoms with van der Waals surface area (Å²) in [6.07, 6.45) is 4.19. The molecule has 3 aromatic rings. The molecule has 180 valence electrons. The van der Waals surface area contributed by atoms with E-state index in [2.05, 4.69) is 12.2 Å². The molecule has 2 bridgehead atoms. The van der Waals surface area contributed by atoms with Crippen LogP contribution in [0.1, 0.15) is 11.1 Å². The molecule has 6 heteroatoms. The van der Waals surface area contributed by atoms with Gasteiger partial charge in [0.25, 0.3) is 0 Å². The Kier molecular flexibility index (Phi) is 5.45. The van der Waals surface area contributed by atoms with E-state index in [-0.39, 0.29) is 23.7 Å². The molecule has 3 aromatic carbocycles. The molecule has 0 spiro atoms. The molecule has 6 rings (SSSR count). The zero-order valence-electron chi connectivity index (χ0n) is 19.9. The molecule has 0 aromatic heterocycles. The van der Waals surface area contributed by atoms with E-state index in [1.807, 2.05) is 48.5 Å². The van der Waals surface area contributed by atoms with Gasteiger partial charge in [-0.3, -0.25) is 9.59 Å². The normalized spacial score (nSPS) is 23.9. The van der Waals surface area contributed by atoms with Crippen LogP contribution in [0.25, 0.3) is 5.57 Å².